The molecule has 82 valence electrons. The molecule has 0 aliphatic rings. The molecule has 1 amide bonds. The molecule has 0 saturated carbocycles. The summed E-state index contributed by atoms with van der Waals surface area (Å²) in [5.41, 5.74) is 0.624. The molecular formula is C10H14FN3O. The van der Waals surface area contributed by atoms with E-state index in [0.717, 1.165) is 0 Å². The maximum absolute atomic E-state index is 12.7. The van der Waals surface area contributed by atoms with Crippen LogP contribution in [0.5, 0.6) is 0 Å². The molecule has 0 fully saturated rings. The lowest BCUT2D eigenvalue weighted by Gasteiger charge is -2.13. The summed E-state index contributed by atoms with van der Waals surface area (Å²) in [6, 6.07) is 2.90. The zero-order valence-corrected chi connectivity index (χ0v) is 8.75. The van der Waals surface area contributed by atoms with Gasteiger partial charge in [-0.2, -0.15) is 4.39 Å². The molecule has 2 N–H and O–H groups in total. The van der Waals surface area contributed by atoms with Crippen molar-refractivity contribution in [2.75, 3.05) is 12.4 Å². The van der Waals surface area contributed by atoms with Gasteiger partial charge >= 0.3 is 0 Å². The van der Waals surface area contributed by atoms with Crippen LogP contribution in [0.4, 0.5) is 10.1 Å². The van der Waals surface area contributed by atoms with Crippen molar-refractivity contribution >= 4 is 11.6 Å². The van der Waals surface area contributed by atoms with E-state index in [1.54, 1.807) is 13.1 Å². The van der Waals surface area contributed by atoms with Crippen molar-refractivity contribution in [3.8, 4) is 0 Å². The molecule has 0 aliphatic carbocycles. The minimum Gasteiger partial charge on any atom is -0.382 e. The summed E-state index contributed by atoms with van der Waals surface area (Å²) in [6.07, 6.45) is 1.73. The monoisotopic (exact) mass is 211 g/mol. The fourth-order valence-corrected chi connectivity index (χ4v) is 1.21. The second-order valence-electron chi connectivity index (χ2n) is 3.29. The summed E-state index contributed by atoms with van der Waals surface area (Å²) in [5.74, 6) is -0.586. The number of halogens is 1. The summed E-state index contributed by atoms with van der Waals surface area (Å²) in [6.45, 7) is 1.85. The Kier molecular flexibility index (Phi) is 4.03. The van der Waals surface area contributed by atoms with Crippen LogP contribution in [0, 0.1) is 5.95 Å². The second-order valence-corrected chi connectivity index (χ2v) is 3.29. The highest BCUT2D eigenvalue weighted by Crippen LogP contribution is 2.09. The van der Waals surface area contributed by atoms with Gasteiger partial charge in [-0.3, -0.25) is 4.79 Å². The number of rotatable bonds is 4. The predicted octanol–water partition coefficient (Wildman–Crippen LogP) is 1.16. The number of aromatic nitrogens is 1. The first kappa shape index (κ1) is 11.4. The van der Waals surface area contributed by atoms with Crippen molar-refractivity contribution in [2.45, 2.75) is 19.4 Å². The minimum atomic E-state index is -0.535. The van der Waals surface area contributed by atoms with Crippen LogP contribution < -0.4 is 10.6 Å². The van der Waals surface area contributed by atoms with Gasteiger partial charge in [-0.05, 0) is 13.0 Å². The maximum atomic E-state index is 12.7. The van der Waals surface area contributed by atoms with Crippen molar-refractivity contribution in [1.82, 2.24) is 10.3 Å². The molecule has 0 aromatic carbocycles. The number of nitrogens with one attached hydrogen (secondary N) is 2. The zero-order chi connectivity index (χ0) is 11.3. The molecule has 1 aromatic rings. The van der Waals surface area contributed by atoms with Gasteiger partial charge in [-0.1, -0.05) is 0 Å². The first-order valence-electron chi connectivity index (χ1n) is 4.70. The zero-order valence-electron chi connectivity index (χ0n) is 8.75. The van der Waals surface area contributed by atoms with Crippen molar-refractivity contribution < 1.29 is 9.18 Å². The van der Waals surface area contributed by atoms with Gasteiger partial charge in [0.2, 0.25) is 11.9 Å². The van der Waals surface area contributed by atoms with E-state index in [1.807, 2.05) is 6.92 Å². The molecule has 1 heterocycles. The highest BCUT2D eigenvalue weighted by atomic mass is 19.1. The Morgan fingerprint density at radius 1 is 1.67 bits per heavy atom. The highest BCUT2D eigenvalue weighted by molar-refractivity contribution is 5.76. The van der Waals surface area contributed by atoms with Gasteiger partial charge in [0.05, 0.1) is 0 Å². The molecule has 0 radical (unpaired) electrons. The average Bonchev–Trinajstić information content (AvgIpc) is 2.17. The smallest absolute Gasteiger partial charge is 0.221 e. The van der Waals surface area contributed by atoms with E-state index in [-0.39, 0.29) is 11.9 Å². The summed E-state index contributed by atoms with van der Waals surface area (Å²) >= 11 is 0. The van der Waals surface area contributed by atoms with E-state index in [1.165, 1.54) is 12.3 Å². The number of hydrogen-bond donors (Lipinski definition) is 2. The Labute approximate surface area is 87.9 Å². The molecule has 1 aromatic heterocycles. The molecule has 0 bridgehead atoms. The van der Waals surface area contributed by atoms with Crippen LogP contribution in [-0.4, -0.2) is 24.0 Å². The summed E-state index contributed by atoms with van der Waals surface area (Å²) in [7, 11) is 1.58. The number of carbonyl (C=O) groups is 1. The van der Waals surface area contributed by atoms with Gasteiger partial charge in [-0.15, -0.1) is 0 Å². The van der Waals surface area contributed by atoms with Gasteiger partial charge in [0.15, 0.2) is 0 Å². The summed E-state index contributed by atoms with van der Waals surface area (Å²) in [4.78, 5) is 14.5. The standard InChI is InChI=1S/C10H14FN3O/c1-7(5-10(15)12-2)14-8-3-4-13-9(11)6-8/h3-4,6-7H,5H2,1-2H3,(H,12,15)(H,13,14). The van der Waals surface area contributed by atoms with Crippen molar-refractivity contribution in [2.24, 2.45) is 0 Å². The van der Waals surface area contributed by atoms with Crippen molar-refractivity contribution in [3.63, 3.8) is 0 Å². The van der Waals surface area contributed by atoms with Gasteiger partial charge in [0, 0.05) is 37.5 Å². The Morgan fingerprint density at radius 3 is 3.00 bits per heavy atom. The van der Waals surface area contributed by atoms with Crippen LogP contribution >= 0.6 is 0 Å². The van der Waals surface area contributed by atoms with E-state index in [2.05, 4.69) is 15.6 Å². The molecule has 4 nitrogen and oxygen atoms in total. The summed E-state index contributed by atoms with van der Waals surface area (Å²) < 4.78 is 12.7. The minimum absolute atomic E-state index is 0.0493. The van der Waals surface area contributed by atoms with Gasteiger partial charge in [0.25, 0.3) is 0 Å². The Bertz CT molecular complexity index is 343. The molecule has 0 aliphatic heterocycles. The number of carbonyl (C=O) groups excluding carboxylic acids is 1. The molecular weight excluding hydrogens is 197 g/mol. The van der Waals surface area contributed by atoms with Crippen molar-refractivity contribution in [1.29, 1.82) is 0 Å². The van der Waals surface area contributed by atoms with Gasteiger partial charge in [0.1, 0.15) is 0 Å². The first-order valence-corrected chi connectivity index (χ1v) is 4.70. The largest absolute Gasteiger partial charge is 0.382 e. The van der Waals surface area contributed by atoms with Crippen LogP contribution in [-0.2, 0) is 4.79 Å². The average molecular weight is 211 g/mol. The van der Waals surface area contributed by atoms with E-state index in [9.17, 15) is 9.18 Å². The van der Waals surface area contributed by atoms with Crippen LogP contribution in [0.3, 0.4) is 0 Å². The van der Waals surface area contributed by atoms with E-state index in [4.69, 9.17) is 0 Å². The van der Waals surface area contributed by atoms with E-state index in [0.29, 0.717) is 12.1 Å². The number of anilines is 1. The number of amides is 1. The van der Waals surface area contributed by atoms with Crippen LogP contribution in [0.15, 0.2) is 18.3 Å². The third kappa shape index (κ3) is 3.93. The van der Waals surface area contributed by atoms with E-state index >= 15 is 0 Å². The predicted molar refractivity (Wildman–Crippen MR) is 56.0 cm³/mol. The molecule has 5 heteroatoms. The number of hydrogen-bond acceptors (Lipinski definition) is 3. The molecule has 0 saturated heterocycles. The maximum Gasteiger partial charge on any atom is 0.221 e. The Morgan fingerprint density at radius 2 is 2.40 bits per heavy atom. The van der Waals surface area contributed by atoms with Crippen LogP contribution in [0.1, 0.15) is 13.3 Å². The lowest BCUT2D eigenvalue weighted by molar-refractivity contribution is -0.120. The van der Waals surface area contributed by atoms with Gasteiger partial charge in [-0.25, -0.2) is 4.98 Å². The summed E-state index contributed by atoms with van der Waals surface area (Å²) in [5, 5.41) is 5.53. The van der Waals surface area contributed by atoms with Gasteiger partial charge < -0.3 is 10.6 Å². The molecule has 0 spiro atoms. The fraction of sp³-hybridized carbons (Fsp3) is 0.400. The van der Waals surface area contributed by atoms with Crippen LogP contribution in [0.2, 0.25) is 0 Å². The molecule has 1 rings (SSSR count). The molecule has 1 atom stereocenters. The van der Waals surface area contributed by atoms with Crippen LogP contribution in [0.25, 0.3) is 0 Å². The Hall–Kier alpha value is -1.65. The highest BCUT2D eigenvalue weighted by Gasteiger charge is 2.07. The van der Waals surface area contributed by atoms with Crippen molar-refractivity contribution in [3.05, 3.63) is 24.3 Å². The topological polar surface area (TPSA) is 54.0 Å². The lowest BCUT2D eigenvalue weighted by Crippen LogP contribution is -2.26. The van der Waals surface area contributed by atoms with E-state index < -0.39 is 5.95 Å². The Balaban J connectivity index is 2.51. The quantitative estimate of drug-likeness (QED) is 0.735. The first-order chi connectivity index (χ1) is 7.11. The number of pyridine rings is 1. The molecule has 15 heavy (non-hydrogen) atoms. The third-order valence-electron chi connectivity index (χ3n) is 1.91. The number of nitrogens with zero attached hydrogens (tertiary/aromatic N) is 1. The normalized spacial score (nSPS) is 11.9. The second kappa shape index (κ2) is 5.29. The third-order valence-corrected chi connectivity index (χ3v) is 1.91. The SMILES string of the molecule is CNC(=O)CC(C)Nc1ccnc(F)c1. The molecule has 1 unspecified atom stereocenters. The lowest BCUT2D eigenvalue weighted by atomic mass is 10.2. The fourth-order valence-electron chi connectivity index (χ4n) is 1.21.